The summed E-state index contributed by atoms with van der Waals surface area (Å²) in [6, 6.07) is 1.70. The van der Waals surface area contributed by atoms with Gasteiger partial charge in [0.2, 0.25) is 0 Å². The quantitative estimate of drug-likeness (QED) is 0.309. The zero-order chi connectivity index (χ0) is 23.1. The third-order valence-corrected chi connectivity index (χ3v) is 7.14. The number of halogens is 5. The summed E-state index contributed by atoms with van der Waals surface area (Å²) < 4.78 is 66.1. The van der Waals surface area contributed by atoms with E-state index in [-0.39, 0.29) is 11.8 Å². The average Bonchev–Trinajstić information content (AvgIpc) is 2.75. The standard InChI is InChI=1S/C27H33F5/c1-2-3-6-19-9-11-20(12-10-19)7-4-5-8-21-13-15-22(16-14-21)23-17-24(28)26(25(29)18-23)27(30,31)32/h4,7,17-22H,2-3,6,9-16H2,1H3/b7-4+/t19-,20-,21-,22-. The number of benzene rings is 1. The molecule has 0 aliphatic heterocycles. The fourth-order valence-electron chi connectivity index (χ4n) is 5.18. The Bertz CT molecular complexity index is 803. The zero-order valence-electron chi connectivity index (χ0n) is 18.8. The molecule has 0 N–H and O–H groups in total. The van der Waals surface area contributed by atoms with E-state index >= 15 is 0 Å². The molecule has 2 fully saturated rings. The lowest BCUT2D eigenvalue weighted by Crippen LogP contribution is -2.15. The third-order valence-electron chi connectivity index (χ3n) is 7.14. The van der Waals surface area contributed by atoms with Crippen molar-refractivity contribution in [2.24, 2.45) is 17.8 Å². The number of unbranched alkanes of at least 4 members (excludes halogenated alkanes) is 1. The minimum Gasteiger partial charge on any atom is -0.206 e. The van der Waals surface area contributed by atoms with Gasteiger partial charge in [0.05, 0.1) is 0 Å². The van der Waals surface area contributed by atoms with Gasteiger partial charge >= 0.3 is 6.18 Å². The minimum absolute atomic E-state index is 0.127. The molecular weight excluding hydrogens is 419 g/mol. The lowest BCUT2D eigenvalue weighted by Gasteiger charge is -2.26. The van der Waals surface area contributed by atoms with Crippen molar-refractivity contribution in [3.8, 4) is 11.8 Å². The van der Waals surface area contributed by atoms with Crippen molar-refractivity contribution in [3.05, 3.63) is 47.0 Å². The van der Waals surface area contributed by atoms with Gasteiger partial charge in [-0.3, -0.25) is 0 Å². The Hall–Kier alpha value is -1.83. The SMILES string of the molecule is CCCC[C@H]1CC[C@H](/C=C/C#C[C@H]2CC[C@H](c3cc(F)c(C(F)(F)F)c(F)c3)CC2)CC1. The highest BCUT2D eigenvalue weighted by atomic mass is 19.4. The summed E-state index contributed by atoms with van der Waals surface area (Å²) >= 11 is 0. The van der Waals surface area contributed by atoms with Gasteiger partial charge in [0.1, 0.15) is 17.2 Å². The van der Waals surface area contributed by atoms with E-state index in [1.807, 2.05) is 6.08 Å². The van der Waals surface area contributed by atoms with Crippen molar-refractivity contribution >= 4 is 0 Å². The van der Waals surface area contributed by atoms with Crippen LogP contribution in [-0.4, -0.2) is 0 Å². The first-order valence-electron chi connectivity index (χ1n) is 12.0. The van der Waals surface area contributed by atoms with E-state index < -0.39 is 23.4 Å². The molecule has 2 aliphatic carbocycles. The van der Waals surface area contributed by atoms with Crippen LogP contribution >= 0.6 is 0 Å². The molecule has 0 aromatic heterocycles. The summed E-state index contributed by atoms with van der Waals surface area (Å²) in [6.07, 6.45) is 11.2. The lowest BCUT2D eigenvalue weighted by atomic mass is 9.78. The summed E-state index contributed by atoms with van der Waals surface area (Å²) in [5.41, 5.74) is -1.49. The predicted octanol–water partition coefficient (Wildman–Crippen LogP) is 8.81. The van der Waals surface area contributed by atoms with Crippen LogP contribution in [-0.2, 0) is 6.18 Å². The van der Waals surface area contributed by atoms with Gasteiger partial charge in [0.25, 0.3) is 0 Å². The molecule has 2 saturated carbocycles. The van der Waals surface area contributed by atoms with E-state index in [1.54, 1.807) is 0 Å². The predicted molar refractivity (Wildman–Crippen MR) is 118 cm³/mol. The molecule has 1 aromatic carbocycles. The fraction of sp³-hybridized carbons (Fsp3) is 0.630. The van der Waals surface area contributed by atoms with E-state index in [0.717, 1.165) is 30.9 Å². The molecule has 0 radical (unpaired) electrons. The maximum absolute atomic E-state index is 13.9. The van der Waals surface area contributed by atoms with Crippen LogP contribution in [0.5, 0.6) is 0 Å². The molecule has 0 spiro atoms. The molecule has 0 amide bonds. The average molecular weight is 453 g/mol. The minimum atomic E-state index is -5.03. The first kappa shape index (κ1) is 24.8. The Morgan fingerprint density at radius 3 is 2.12 bits per heavy atom. The first-order valence-corrected chi connectivity index (χ1v) is 12.0. The molecule has 1 aromatic rings. The maximum Gasteiger partial charge on any atom is 0.422 e. The van der Waals surface area contributed by atoms with Gasteiger partial charge in [-0.2, -0.15) is 13.2 Å². The van der Waals surface area contributed by atoms with Crippen LogP contribution in [0.1, 0.15) is 94.6 Å². The maximum atomic E-state index is 13.9. The van der Waals surface area contributed by atoms with Gasteiger partial charge in [-0.15, -0.1) is 0 Å². The number of hydrogen-bond donors (Lipinski definition) is 0. The van der Waals surface area contributed by atoms with Crippen LogP contribution in [0.3, 0.4) is 0 Å². The van der Waals surface area contributed by atoms with E-state index in [1.165, 1.54) is 44.9 Å². The Morgan fingerprint density at radius 1 is 0.938 bits per heavy atom. The van der Waals surface area contributed by atoms with Crippen LogP contribution in [0, 0.1) is 41.2 Å². The van der Waals surface area contributed by atoms with Gasteiger partial charge < -0.3 is 0 Å². The van der Waals surface area contributed by atoms with Crippen molar-refractivity contribution in [1.29, 1.82) is 0 Å². The molecule has 176 valence electrons. The van der Waals surface area contributed by atoms with E-state index in [9.17, 15) is 22.0 Å². The molecule has 0 saturated heterocycles. The van der Waals surface area contributed by atoms with Crippen molar-refractivity contribution < 1.29 is 22.0 Å². The van der Waals surface area contributed by atoms with Crippen molar-refractivity contribution in [1.82, 2.24) is 0 Å². The number of rotatable bonds is 5. The van der Waals surface area contributed by atoms with Crippen molar-refractivity contribution in [2.75, 3.05) is 0 Å². The number of allylic oxidation sites excluding steroid dienone is 2. The van der Waals surface area contributed by atoms with Gasteiger partial charge in [0.15, 0.2) is 0 Å². The Labute approximate surface area is 188 Å². The van der Waals surface area contributed by atoms with Gasteiger partial charge in [-0.25, -0.2) is 8.78 Å². The number of hydrogen-bond acceptors (Lipinski definition) is 0. The summed E-state index contributed by atoms with van der Waals surface area (Å²) in [5, 5.41) is 0. The van der Waals surface area contributed by atoms with Crippen LogP contribution < -0.4 is 0 Å². The third kappa shape index (κ3) is 6.83. The molecule has 5 heteroatoms. The first-order chi connectivity index (χ1) is 15.3. The highest BCUT2D eigenvalue weighted by Crippen LogP contribution is 2.39. The van der Waals surface area contributed by atoms with Crippen LogP contribution in [0.2, 0.25) is 0 Å². The second-order valence-electron chi connectivity index (χ2n) is 9.48. The zero-order valence-corrected chi connectivity index (χ0v) is 18.8. The lowest BCUT2D eigenvalue weighted by molar-refractivity contribution is -0.142. The van der Waals surface area contributed by atoms with Gasteiger partial charge in [-0.1, -0.05) is 44.1 Å². The van der Waals surface area contributed by atoms with E-state index in [0.29, 0.717) is 24.3 Å². The molecule has 0 unspecified atom stereocenters. The fourth-order valence-corrected chi connectivity index (χ4v) is 5.18. The molecule has 0 atom stereocenters. The molecule has 2 aliphatic rings. The second-order valence-corrected chi connectivity index (χ2v) is 9.48. The van der Waals surface area contributed by atoms with E-state index in [2.05, 4.69) is 24.8 Å². The smallest absolute Gasteiger partial charge is 0.206 e. The summed E-state index contributed by atoms with van der Waals surface area (Å²) in [4.78, 5) is 0. The normalized spacial score (nSPS) is 26.7. The highest BCUT2D eigenvalue weighted by molar-refractivity contribution is 5.31. The Balaban J connectivity index is 1.46. The largest absolute Gasteiger partial charge is 0.422 e. The van der Waals surface area contributed by atoms with Gasteiger partial charge in [-0.05, 0) is 92.9 Å². The van der Waals surface area contributed by atoms with Crippen LogP contribution in [0.4, 0.5) is 22.0 Å². The molecule has 0 heterocycles. The molecule has 32 heavy (non-hydrogen) atoms. The molecule has 3 rings (SSSR count). The Morgan fingerprint density at radius 2 is 1.56 bits per heavy atom. The Kier molecular flexibility index (Phi) is 8.79. The van der Waals surface area contributed by atoms with Crippen LogP contribution in [0.25, 0.3) is 0 Å². The molecular formula is C27H33F5. The molecule has 0 bridgehead atoms. The second kappa shape index (κ2) is 11.3. The highest BCUT2D eigenvalue weighted by Gasteiger charge is 2.38. The van der Waals surface area contributed by atoms with Crippen molar-refractivity contribution in [2.45, 2.75) is 89.6 Å². The topological polar surface area (TPSA) is 0 Å². The summed E-state index contributed by atoms with van der Waals surface area (Å²) in [6.45, 7) is 2.24. The van der Waals surface area contributed by atoms with Crippen LogP contribution in [0.15, 0.2) is 24.3 Å². The van der Waals surface area contributed by atoms with Crippen molar-refractivity contribution in [3.63, 3.8) is 0 Å². The summed E-state index contributed by atoms with van der Waals surface area (Å²) in [5.74, 6) is 5.02. The monoisotopic (exact) mass is 452 g/mol. The summed E-state index contributed by atoms with van der Waals surface area (Å²) in [7, 11) is 0. The van der Waals surface area contributed by atoms with Gasteiger partial charge in [0, 0.05) is 5.92 Å². The molecule has 0 nitrogen and oxygen atoms in total. The van der Waals surface area contributed by atoms with E-state index in [4.69, 9.17) is 0 Å². The number of alkyl halides is 3.